The summed E-state index contributed by atoms with van der Waals surface area (Å²) in [5.41, 5.74) is 5.62. The van der Waals surface area contributed by atoms with Crippen LogP contribution < -0.4 is 16.4 Å². The van der Waals surface area contributed by atoms with Gasteiger partial charge in [-0.3, -0.25) is 9.59 Å². The maximum atomic E-state index is 14.7. The Morgan fingerprint density at radius 2 is 1.93 bits per heavy atom. The molecule has 0 saturated carbocycles. The van der Waals surface area contributed by atoms with E-state index in [-0.39, 0.29) is 17.0 Å². The normalized spacial score (nSPS) is 11.2. The summed E-state index contributed by atoms with van der Waals surface area (Å²) in [7, 11) is 1.52. The Labute approximate surface area is 176 Å². The molecule has 0 atom stereocenters. The summed E-state index contributed by atoms with van der Waals surface area (Å²) < 4.78 is 14.7. The van der Waals surface area contributed by atoms with Crippen LogP contribution >= 0.6 is 11.3 Å². The molecule has 2 amide bonds. The van der Waals surface area contributed by atoms with Gasteiger partial charge >= 0.3 is 0 Å². The number of hydrogen-bond donors (Lipinski definition) is 4. The average molecular weight is 428 g/mol. The van der Waals surface area contributed by atoms with E-state index in [0.29, 0.717) is 26.8 Å². The third kappa shape index (κ3) is 4.47. The first-order valence-corrected chi connectivity index (χ1v) is 9.83. The molecule has 3 rings (SSSR count). The molecule has 5 N–H and O–H groups in total. The van der Waals surface area contributed by atoms with E-state index >= 15 is 0 Å². The minimum Gasteiger partial charge on any atom is -0.386 e. The van der Waals surface area contributed by atoms with Gasteiger partial charge in [-0.25, -0.2) is 9.37 Å². The van der Waals surface area contributed by atoms with Crippen molar-refractivity contribution in [1.82, 2.24) is 10.3 Å². The van der Waals surface area contributed by atoms with Crippen molar-refractivity contribution >= 4 is 34.0 Å². The van der Waals surface area contributed by atoms with Crippen LogP contribution in [0.3, 0.4) is 0 Å². The average Bonchev–Trinajstić information content (AvgIpc) is 3.11. The Balaban J connectivity index is 1.94. The number of nitrogens with one attached hydrogen (secondary N) is 2. The van der Waals surface area contributed by atoms with Gasteiger partial charge in [0.1, 0.15) is 16.6 Å². The molecule has 0 aliphatic heterocycles. The Morgan fingerprint density at radius 1 is 1.20 bits per heavy atom. The highest BCUT2D eigenvalue weighted by molar-refractivity contribution is 7.19. The lowest BCUT2D eigenvalue weighted by Crippen LogP contribution is -2.17. The number of primary amides is 1. The SMILES string of the molecule is CNC(=O)c1ccc(Nc2sc(-c3ccc(C(C)(C)O)cc3F)cc2C(N)=O)nc1. The van der Waals surface area contributed by atoms with E-state index < -0.39 is 17.3 Å². The zero-order chi connectivity index (χ0) is 22.1. The van der Waals surface area contributed by atoms with Crippen molar-refractivity contribution in [3.63, 3.8) is 0 Å². The molecule has 30 heavy (non-hydrogen) atoms. The summed E-state index contributed by atoms with van der Waals surface area (Å²) >= 11 is 1.14. The van der Waals surface area contributed by atoms with Crippen LogP contribution in [0.2, 0.25) is 0 Å². The van der Waals surface area contributed by atoms with Crippen molar-refractivity contribution in [2.75, 3.05) is 12.4 Å². The number of amides is 2. The molecular formula is C21H21FN4O3S. The van der Waals surface area contributed by atoms with Gasteiger partial charge in [0.2, 0.25) is 0 Å². The standard InChI is InChI=1S/C21H21FN4O3S/c1-21(2,29)12-5-6-13(15(22)8-12)16-9-14(18(23)27)20(30-16)26-17-7-4-11(10-25-17)19(28)24-3/h4-10,29H,1-3H3,(H2,23,27)(H,24,28)(H,25,26). The van der Waals surface area contributed by atoms with Gasteiger partial charge in [-0.15, -0.1) is 11.3 Å². The van der Waals surface area contributed by atoms with Crippen LogP contribution in [-0.2, 0) is 5.60 Å². The number of rotatable bonds is 6. The molecule has 0 bridgehead atoms. The molecule has 2 heterocycles. The number of nitrogens with two attached hydrogens (primary N) is 1. The first-order chi connectivity index (χ1) is 14.1. The van der Waals surface area contributed by atoms with Gasteiger partial charge in [0.05, 0.1) is 16.7 Å². The first-order valence-electron chi connectivity index (χ1n) is 9.01. The van der Waals surface area contributed by atoms with Crippen LogP contribution in [0.15, 0.2) is 42.6 Å². The van der Waals surface area contributed by atoms with E-state index in [4.69, 9.17) is 5.73 Å². The maximum Gasteiger partial charge on any atom is 0.252 e. The number of aromatic nitrogens is 1. The van der Waals surface area contributed by atoms with Crippen molar-refractivity contribution in [3.05, 3.63) is 65.1 Å². The monoisotopic (exact) mass is 428 g/mol. The molecule has 0 saturated heterocycles. The van der Waals surface area contributed by atoms with Crippen LogP contribution in [0.5, 0.6) is 0 Å². The minimum atomic E-state index is -1.17. The predicted molar refractivity (Wildman–Crippen MR) is 114 cm³/mol. The maximum absolute atomic E-state index is 14.7. The lowest BCUT2D eigenvalue weighted by molar-refractivity contribution is 0.0782. The lowest BCUT2D eigenvalue weighted by Gasteiger charge is -2.18. The van der Waals surface area contributed by atoms with E-state index in [1.54, 1.807) is 38.1 Å². The van der Waals surface area contributed by atoms with Crippen LogP contribution in [0.25, 0.3) is 10.4 Å². The highest BCUT2D eigenvalue weighted by Crippen LogP contribution is 2.38. The second kappa shape index (κ2) is 8.21. The van der Waals surface area contributed by atoms with Gasteiger partial charge in [-0.1, -0.05) is 12.1 Å². The zero-order valence-electron chi connectivity index (χ0n) is 16.6. The number of hydrogen-bond acceptors (Lipinski definition) is 6. The molecule has 1 aromatic carbocycles. The number of anilines is 2. The number of carbonyl (C=O) groups excluding carboxylic acids is 2. The molecule has 0 aliphatic carbocycles. The highest BCUT2D eigenvalue weighted by atomic mass is 32.1. The largest absolute Gasteiger partial charge is 0.386 e. The predicted octanol–water partition coefficient (Wildman–Crippen LogP) is 3.38. The van der Waals surface area contributed by atoms with Crippen molar-refractivity contribution in [2.45, 2.75) is 19.4 Å². The van der Waals surface area contributed by atoms with Crippen LogP contribution in [0.4, 0.5) is 15.2 Å². The summed E-state index contributed by atoms with van der Waals surface area (Å²) in [6.45, 7) is 3.14. The molecule has 0 fully saturated rings. The fourth-order valence-corrected chi connectivity index (χ4v) is 3.86. The second-order valence-electron chi connectivity index (χ2n) is 7.11. The first kappa shape index (κ1) is 21.4. The topological polar surface area (TPSA) is 117 Å². The Hall–Kier alpha value is -3.30. The number of pyridine rings is 1. The van der Waals surface area contributed by atoms with E-state index in [2.05, 4.69) is 15.6 Å². The van der Waals surface area contributed by atoms with Crippen LogP contribution in [0.1, 0.15) is 40.1 Å². The van der Waals surface area contributed by atoms with Gasteiger partial charge in [0.25, 0.3) is 11.8 Å². The molecule has 0 spiro atoms. The highest BCUT2D eigenvalue weighted by Gasteiger charge is 2.21. The molecule has 0 radical (unpaired) electrons. The molecule has 3 aromatic rings. The molecular weight excluding hydrogens is 407 g/mol. The summed E-state index contributed by atoms with van der Waals surface area (Å²) in [5.74, 6) is -1.06. The van der Waals surface area contributed by atoms with Gasteiger partial charge < -0.3 is 21.5 Å². The molecule has 7 nitrogen and oxygen atoms in total. The van der Waals surface area contributed by atoms with E-state index in [1.165, 1.54) is 25.4 Å². The summed E-state index contributed by atoms with van der Waals surface area (Å²) in [6, 6.07) is 9.14. The van der Waals surface area contributed by atoms with Gasteiger partial charge in [0.15, 0.2) is 0 Å². The third-order valence-corrected chi connectivity index (χ3v) is 5.52. The third-order valence-electron chi connectivity index (χ3n) is 4.43. The number of carbonyl (C=O) groups is 2. The second-order valence-corrected chi connectivity index (χ2v) is 8.16. The van der Waals surface area contributed by atoms with Crippen molar-refractivity contribution in [3.8, 4) is 10.4 Å². The fraction of sp³-hybridized carbons (Fsp3) is 0.190. The summed E-state index contributed by atoms with van der Waals surface area (Å²) in [5, 5.41) is 16.0. The number of benzene rings is 1. The molecule has 0 unspecified atom stereocenters. The number of aliphatic hydroxyl groups is 1. The van der Waals surface area contributed by atoms with Crippen molar-refractivity contribution in [1.29, 1.82) is 0 Å². The smallest absolute Gasteiger partial charge is 0.252 e. The number of halogens is 1. The number of nitrogens with zero attached hydrogens (tertiary/aromatic N) is 1. The van der Waals surface area contributed by atoms with Crippen molar-refractivity contribution in [2.24, 2.45) is 5.73 Å². The van der Waals surface area contributed by atoms with E-state index in [1.807, 2.05) is 0 Å². The molecule has 9 heteroatoms. The van der Waals surface area contributed by atoms with Crippen LogP contribution in [0, 0.1) is 5.82 Å². The van der Waals surface area contributed by atoms with Gasteiger partial charge in [-0.05, 0) is 43.7 Å². The van der Waals surface area contributed by atoms with E-state index in [9.17, 15) is 19.1 Å². The van der Waals surface area contributed by atoms with Gasteiger partial charge in [-0.2, -0.15) is 0 Å². The lowest BCUT2D eigenvalue weighted by atomic mass is 9.96. The quantitative estimate of drug-likeness (QED) is 0.480. The molecule has 0 aliphatic rings. The summed E-state index contributed by atoms with van der Waals surface area (Å²) in [4.78, 5) is 28.2. The Morgan fingerprint density at radius 3 is 2.47 bits per heavy atom. The molecule has 2 aromatic heterocycles. The number of thiophene rings is 1. The Bertz CT molecular complexity index is 1100. The van der Waals surface area contributed by atoms with Crippen molar-refractivity contribution < 1.29 is 19.1 Å². The Kier molecular flexibility index (Phi) is 5.86. The van der Waals surface area contributed by atoms with Crippen LogP contribution in [-0.4, -0.2) is 29.0 Å². The van der Waals surface area contributed by atoms with E-state index in [0.717, 1.165) is 11.3 Å². The van der Waals surface area contributed by atoms with Gasteiger partial charge in [0, 0.05) is 23.7 Å². The summed E-state index contributed by atoms with van der Waals surface area (Å²) in [6.07, 6.45) is 1.40. The minimum absolute atomic E-state index is 0.193. The molecule has 156 valence electrons. The fourth-order valence-electron chi connectivity index (χ4n) is 2.76. The zero-order valence-corrected chi connectivity index (χ0v) is 17.4.